The van der Waals surface area contributed by atoms with E-state index >= 15 is 0 Å². The van der Waals surface area contributed by atoms with E-state index in [1.54, 1.807) is 18.3 Å². The van der Waals surface area contributed by atoms with Gasteiger partial charge in [-0.05, 0) is 37.7 Å². The number of amides is 1. The third-order valence-corrected chi connectivity index (χ3v) is 4.94. The van der Waals surface area contributed by atoms with Gasteiger partial charge < -0.3 is 10.4 Å². The topological polar surface area (TPSA) is 62.2 Å². The van der Waals surface area contributed by atoms with Crippen molar-refractivity contribution < 1.29 is 9.90 Å². The zero-order valence-electron chi connectivity index (χ0n) is 12.2. The SMILES string of the molecule is CC1(CNC(=O)c2ncccc2C#CCCO)CCCS1. The maximum atomic E-state index is 12.3. The van der Waals surface area contributed by atoms with Gasteiger partial charge in [0, 0.05) is 23.9 Å². The molecule has 1 aliphatic rings. The molecule has 1 aromatic heterocycles. The van der Waals surface area contributed by atoms with Crippen LogP contribution >= 0.6 is 11.8 Å². The fourth-order valence-corrected chi connectivity index (χ4v) is 3.47. The van der Waals surface area contributed by atoms with Gasteiger partial charge >= 0.3 is 0 Å². The monoisotopic (exact) mass is 304 g/mol. The van der Waals surface area contributed by atoms with Crippen molar-refractivity contribution in [1.82, 2.24) is 10.3 Å². The third kappa shape index (κ3) is 4.48. The van der Waals surface area contributed by atoms with Crippen LogP contribution in [0.3, 0.4) is 0 Å². The zero-order valence-corrected chi connectivity index (χ0v) is 13.0. The second-order valence-electron chi connectivity index (χ2n) is 5.26. The maximum absolute atomic E-state index is 12.3. The summed E-state index contributed by atoms with van der Waals surface area (Å²) in [5.41, 5.74) is 0.960. The average molecular weight is 304 g/mol. The summed E-state index contributed by atoms with van der Waals surface area (Å²) in [4.78, 5) is 16.4. The van der Waals surface area contributed by atoms with E-state index < -0.39 is 0 Å². The van der Waals surface area contributed by atoms with E-state index in [2.05, 4.69) is 29.1 Å². The Hall–Kier alpha value is -1.51. The van der Waals surface area contributed by atoms with Crippen molar-refractivity contribution in [3.05, 3.63) is 29.6 Å². The van der Waals surface area contributed by atoms with Crippen molar-refractivity contribution in [3.8, 4) is 11.8 Å². The molecule has 0 radical (unpaired) electrons. The summed E-state index contributed by atoms with van der Waals surface area (Å²) in [7, 11) is 0. The average Bonchev–Trinajstić information content (AvgIpc) is 2.93. The number of hydrogen-bond donors (Lipinski definition) is 2. The lowest BCUT2D eigenvalue weighted by Gasteiger charge is -2.22. The van der Waals surface area contributed by atoms with Gasteiger partial charge in [0.05, 0.1) is 12.2 Å². The molecule has 1 fully saturated rings. The van der Waals surface area contributed by atoms with Gasteiger partial charge in [0.2, 0.25) is 0 Å². The molecular formula is C16H20N2O2S. The van der Waals surface area contributed by atoms with Crippen LogP contribution in [-0.4, -0.2) is 39.6 Å². The molecule has 1 aliphatic heterocycles. The summed E-state index contributed by atoms with van der Waals surface area (Å²) in [6, 6.07) is 3.53. The minimum absolute atomic E-state index is 0.0182. The molecule has 1 unspecified atom stereocenters. The summed E-state index contributed by atoms with van der Waals surface area (Å²) < 4.78 is 0.132. The third-order valence-electron chi connectivity index (χ3n) is 3.41. The van der Waals surface area contributed by atoms with Crippen LogP contribution in [0.2, 0.25) is 0 Å². The molecule has 2 N–H and O–H groups in total. The van der Waals surface area contributed by atoms with Gasteiger partial charge in [0.15, 0.2) is 0 Å². The molecule has 1 aromatic rings. The minimum Gasteiger partial charge on any atom is -0.395 e. The van der Waals surface area contributed by atoms with Gasteiger partial charge in [-0.1, -0.05) is 11.8 Å². The van der Waals surface area contributed by atoms with Crippen LogP contribution in [0.25, 0.3) is 0 Å². The standard InChI is InChI=1S/C16H20N2O2S/c1-16(8-5-11-21-16)12-18-15(20)14-13(6-2-3-10-19)7-4-9-17-14/h4,7,9,19H,3,5,8,10-12H2,1H3,(H,18,20). The van der Waals surface area contributed by atoms with E-state index in [-0.39, 0.29) is 17.3 Å². The largest absolute Gasteiger partial charge is 0.395 e. The summed E-state index contributed by atoms with van der Waals surface area (Å²) in [5.74, 6) is 6.70. The molecule has 1 saturated heterocycles. The van der Waals surface area contributed by atoms with Gasteiger partial charge in [-0.2, -0.15) is 11.8 Å². The lowest BCUT2D eigenvalue weighted by molar-refractivity contribution is 0.0944. The first-order chi connectivity index (χ1) is 10.1. The number of rotatable bonds is 4. The lowest BCUT2D eigenvalue weighted by atomic mass is 10.1. The summed E-state index contributed by atoms with van der Waals surface area (Å²) in [6.07, 6.45) is 4.32. The van der Waals surface area contributed by atoms with Gasteiger partial charge in [-0.15, -0.1) is 0 Å². The van der Waals surface area contributed by atoms with Gasteiger partial charge in [0.25, 0.3) is 5.91 Å². The van der Waals surface area contributed by atoms with E-state index in [0.717, 1.165) is 12.2 Å². The lowest BCUT2D eigenvalue weighted by Crippen LogP contribution is -2.37. The molecule has 2 heterocycles. The highest BCUT2D eigenvalue weighted by Gasteiger charge is 2.30. The van der Waals surface area contributed by atoms with E-state index in [0.29, 0.717) is 24.2 Å². The fourth-order valence-electron chi connectivity index (χ4n) is 2.23. The van der Waals surface area contributed by atoms with E-state index in [4.69, 9.17) is 5.11 Å². The highest BCUT2D eigenvalue weighted by molar-refractivity contribution is 8.00. The summed E-state index contributed by atoms with van der Waals surface area (Å²) >= 11 is 1.91. The Kier molecular flexibility index (Phi) is 5.66. The molecule has 1 amide bonds. The van der Waals surface area contributed by atoms with Crippen LogP contribution < -0.4 is 5.32 Å². The van der Waals surface area contributed by atoms with E-state index in [1.807, 2.05) is 11.8 Å². The van der Waals surface area contributed by atoms with Crippen LogP contribution in [-0.2, 0) is 0 Å². The Morgan fingerprint density at radius 3 is 3.19 bits per heavy atom. The number of carbonyl (C=O) groups is 1. The number of carbonyl (C=O) groups excluding carboxylic acids is 1. The van der Waals surface area contributed by atoms with Crippen molar-refractivity contribution in [2.75, 3.05) is 18.9 Å². The molecule has 0 spiro atoms. The van der Waals surface area contributed by atoms with Crippen molar-refractivity contribution in [2.45, 2.75) is 30.9 Å². The van der Waals surface area contributed by atoms with Gasteiger partial charge in [-0.25, -0.2) is 4.98 Å². The molecule has 5 heteroatoms. The van der Waals surface area contributed by atoms with Gasteiger partial charge in [0.1, 0.15) is 5.69 Å². The quantitative estimate of drug-likeness (QED) is 0.833. The second-order valence-corrected chi connectivity index (χ2v) is 6.94. The summed E-state index contributed by atoms with van der Waals surface area (Å²) in [5, 5.41) is 11.7. The Morgan fingerprint density at radius 1 is 1.62 bits per heavy atom. The number of nitrogens with zero attached hydrogens (tertiary/aromatic N) is 1. The Balaban J connectivity index is 2.03. The molecule has 1 atom stereocenters. The maximum Gasteiger partial charge on any atom is 0.271 e. The van der Waals surface area contributed by atoms with Crippen molar-refractivity contribution in [1.29, 1.82) is 0 Å². The number of aliphatic hydroxyl groups excluding tert-OH is 1. The smallest absolute Gasteiger partial charge is 0.271 e. The normalized spacial score (nSPS) is 20.7. The Labute approximate surface area is 129 Å². The molecule has 0 aromatic carbocycles. The fraction of sp³-hybridized carbons (Fsp3) is 0.500. The van der Waals surface area contributed by atoms with Crippen LogP contribution in [0.1, 0.15) is 42.2 Å². The Bertz CT molecular complexity index is 557. The second kappa shape index (κ2) is 7.48. The molecule has 4 nitrogen and oxygen atoms in total. The summed E-state index contributed by atoms with van der Waals surface area (Å²) in [6.45, 7) is 2.85. The predicted octanol–water partition coefficient (Wildman–Crippen LogP) is 1.83. The number of hydrogen-bond acceptors (Lipinski definition) is 4. The predicted molar refractivity (Wildman–Crippen MR) is 85.2 cm³/mol. The molecular weight excluding hydrogens is 284 g/mol. The molecule has 112 valence electrons. The van der Waals surface area contributed by atoms with Crippen LogP contribution in [0.5, 0.6) is 0 Å². The van der Waals surface area contributed by atoms with Crippen molar-refractivity contribution in [2.24, 2.45) is 0 Å². The first kappa shape index (κ1) is 15.9. The van der Waals surface area contributed by atoms with Crippen LogP contribution in [0.15, 0.2) is 18.3 Å². The number of nitrogens with one attached hydrogen (secondary N) is 1. The molecule has 0 bridgehead atoms. The minimum atomic E-state index is -0.183. The van der Waals surface area contributed by atoms with Crippen LogP contribution in [0.4, 0.5) is 0 Å². The molecule has 2 rings (SSSR count). The van der Waals surface area contributed by atoms with E-state index in [1.165, 1.54) is 6.42 Å². The van der Waals surface area contributed by atoms with Crippen LogP contribution in [0, 0.1) is 11.8 Å². The van der Waals surface area contributed by atoms with E-state index in [9.17, 15) is 4.79 Å². The van der Waals surface area contributed by atoms with Crippen molar-refractivity contribution >= 4 is 17.7 Å². The number of pyridine rings is 1. The molecule has 0 saturated carbocycles. The highest BCUT2D eigenvalue weighted by Crippen LogP contribution is 2.36. The van der Waals surface area contributed by atoms with Gasteiger partial charge in [-0.3, -0.25) is 4.79 Å². The van der Waals surface area contributed by atoms with Crippen molar-refractivity contribution in [3.63, 3.8) is 0 Å². The highest BCUT2D eigenvalue weighted by atomic mass is 32.2. The zero-order chi connectivity index (χ0) is 15.1. The first-order valence-corrected chi connectivity index (χ1v) is 8.10. The number of aromatic nitrogens is 1. The first-order valence-electron chi connectivity index (χ1n) is 7.11. The Morgan fingerprint density at radius 2 is 2.48 bits per heavy atom. The molecule has 0 aliphatic carbocycles. The number of aliphatic hydroxyl groups is 1. The molecule has 21 heavy (non-hydrogen) atoms. The number of thioether (sulfide) groups is 1.